The third-order valence-corrected chi connectivity index (χ3v) is 1.60. The van der Waals surface area contributed by atoms with Crippen LogP contribution in [0.25, 0.3) is 0 Å². The number of para-hydroxylation sites is 1. The van der Waals surface area contributed by atoms with Gasteiger partial charge in [-0.1, -0.05) is 52.0 Å². The van der Waals surface area contributed by atoms with Crippen LogP contribution < -0.4 is 4.74 Å². The molecule has 0 saturated heterocycles. The molecule has 0 aliphatic heterocycles. The Kier molecular flexibility index (Phi) is 9.53. The topological polar surface area (TPSA) is 22.1 Å². The van der Waals surface area contributed by atoms with E-state index in [0.717, 1.165) is 5.75 Å². The molecule has 0 N–H and O–H groups in total. The quantitative estimate of drug-likeness (QED) is 0.731. The van der Waals surface area contributed by atoms with E-state index < -0.39 is 0 Å². The van der Waals surface area contributed by atoms with E-state index in [9.17, 15) is 0 Å². The maximum Gasteiger partial charge on any atom is 0.219 e. The van der Waals surface area contributed by atoms with Gasteiger partial charge in [0, 0.05) is 12.3 Å². The zero-order valence-corrected chi connectivity index (χ0v) is 11.1. The van der Waals surface area contributed by atoms with Crippen LogP contribution in [0.5, 0.6) is 11.6 Å². The summed E-state index contributed by atoms with van der Waals surface area (Å²) in [7, 11) is 0. The minimum absolute atomic E-state index is 0.619. The lowest BCUT2D eigenvalue weighted by Crippen LogP contribution is -1.85. The van der Waals surface area contributed by atoms with Crippen molar-refractivity contribution in [1.82, 2.24) is 4.98 Å². The van der Waals surface area contributed by atoms with Crippen LogP contribution >= 0.6 is 0 Å². The highest BCUT2D eigenvalue weighted by Crippen LogP contribution is 2.17. The van der Waals surface area contributed by atoms with Gasteiger partial charge in [0.1, 0.15) is 5.75 Å². The minimum atomic E-state index is 0.619. The van der Waals surface area contributed by atoms with E-state index >= 15 is 0 Å². The summed E-state index contributed by atoms with van der Waals surface area (Å²) in [5.41, 5.74) is 0. The molecule has 2 aromatic rings. The number of pyridine rings is 1. The van der Waals surface area contributed by atoms with Gasteiger partial charge in [-0.05, 0) is 18.2 Å². The predicted octanol–water partition coefficient (Wildman–Crippen LogP) is 4.93. The molecule has 92 valence electrons. The Hall–Kier alpha value is -1.83. The smallest absolute Gasteiger partial charge is 0.219 e. The Labute approximate surface area is 104 Å². The van der Waals surface area contributed by atoms with E-state index in [-0.39, 0.29) is 0 Å². The normalized spacial score (nSPS) is 8.00. The first-order valence-corrected chi connectivity index (χ1v) is 6.09. The van der Waals surface area contributed by atoms with Crippen molar-refractivity contribution in [2.75, 3.05) is 0 Å². The van der Waals surface area contributed by atoms with E-state index in [1.165, 1.54) is 0 Å². The number of benzene rings is 1. The lowest BCUT2D eigenvalue weighted by atomic mass is 10.3. The van der Waals surface area contributed by atoms with Crippen molar-refractivity contribution >= 4 is 0 Å². The molecule has 1 heterocycles. The van der Waals surface area contributed by atoms with Crippen molar-refractivity contribution in [3.05, 3.63) is 54.7 Å². The SMILES string of the molecule is CC.CC.c1ccc(Oc2ccccn2)cc1. The molecule has 1 aromatic carbocycles. The number of aromatic nitrogens is 1. The molecule has 0 spiro atoms. The van der Waals surface area contributed by atoms with Crippen molar-refractivity contribution in [2.45, 2.75) is 27.7 Å². The van der Waals surface area contributed by atoms with Gasteiger partial charge in [0.25, 0.3) is 0 Å². The molecule has 2 nitrogen and oxygen atoms in total. The summed E-state index contributed by atoms with van der Waals surface area (Å²) in [6.45, 7) is 8.00. The monoisotopic (exact) mass is 231 g/mol. The summed E-state index contributed by atoms with van der Waals surface area (Å²) in [6, 6.07) is 15.2. The first-order valence-electron chi connectivity index (χ1n) is 6.09. The molecule has 0 aliphatic carbocycles. The van der Waals surface area contributed by atoms with E-state index in [2.05, 4.69) is 4.98 Å². The lowest BCUT2D eigenvalue weighted by molar-refractivity contribution is 0.463. The third-order valence-electron chi connectivity index (χ3n) is 1.60. The number of hydrogen-bond donors (Lipinski definition) is 0. The Morgan fingerprint density at radius 1 is 0.765 bits per heavy atom. The molecular weight excluding hydrogens is 210 g/mol. The average Bonchev–Trinajstić information content (AvgIpc) is 2.45. The fraction of sp³-hybridized carbons (Fsp3) is 0.267. The van der Waals surface area contributed by atoms with E-state index in [0.29, 0.717) is 5.88 Å². The van der Waals surface area contributed by atoms with Crippen molar-refractivity contribution in [3.63, 3.8) is 0 Å². The summed E-state index contributed by atoms with van der Waals surface area (Å²) in [4.78, 5) is 4.05. The molecule has 0 unspecified atom stereocenters. The Morgan fingerprint density at radius 3 is 1.88 bits per heavy atom. The molecular formula is C15H21NO. The molecule has 0 fully saturated rings. The van der Waals surface area contributed by atoms with Crippen LogP contribution in [-0.2, 0) is 0 Å². The second kappa shape index (κ2) is 10.7. The van der Waals surface area contributed by atoms with Crippen LogP contribution in [-0.4, -0.2) is 4.98 Å². The lowest BCUT2D eigenvalue weighted by Gasteiger charge is -2.02. The molecule has 2 heteroatoms. The largest absolute Gasteiger partial charge is 0.439 e. The van der Waals surface area contributed by atoms with Gasteiger partial charge >= 0.3 is 0 Å². The van der Waals surface area contributed by atoms with Crippen molar-refractivity contribution < 1.29 is 4.74 Å². The summed E-state index contributed by atoms with van der Waals surface area (Å²) in [5.74, 6) is 1.43. The van der Waals surface area contributed by atoms with Gasteiger partial charge in [0.05, 0.1) is 0 Å². The molecule has 0 aliphatic rings. The number of nitrogens with zero attached hydrogens (tertiary/aromatic N) is 1. The Morgan fingerprint density at radius 2 is 1.35 bits per heavy atom. The van der Waals surface area contributed by atoms with Gasteiger partial charge in [0.2, 0.25) is 5.88 Å². The van der Waals surface area contributed by atoms with Crippen LogP contribution in [0.2, 0.25) is 0 Å². The number of rotatable bonds is 2. The summed E-state index contributed by atoms with van der Waals surface area (Å²) in [6.07, 6.45) is 1.71. The molecule has 0 amide bonds. The number of ether oxygens (including phenoxy) is 1. The van der Waals surface area contributed by atoms with Gasteiger partial charge in [-0.3, -0.25) is 0 Å². The fourth-order valence-corrected chi connectivity index (χ4v) is 1.02. The fourth-order valence-electron chi connectivity index (χ4n) is 1.02. The molecule has 0 radical (unpaired) electrons. The third kappa shape index (κ3) is 6.36. The first-order chi connectivity index (χ1) is 8.45. The highest BCUT2D eigenvalue weighted by molar-refractivity contribution is 5.26. The molecule has 0 saturated carbocycles. The number of hydrogen-bond acceptors (Lipinski definition) is 2. The van der Waals surface area contributed by atoms with Crippen LogP contribution in [0.4, 0.5) is 0 Å². The van der Waals surface area contributed by atoms with Gasteiger partial charge in [-0.25, -0.2) is 4.98 Å². The maximum absolute atomic E-state index is 5.47. The summed E-state index contributed by atoms with van der Waals surface area (Å²) in [5, 5.41) is 0. The van der Waals surface area contributed by atoms with Crippen molar-refractivity contribution in [3.8, 4) is 11.6 Å². The standard InChI is InChI=1S/C11H9NO.2C2H6/c1-2-6-10(7-3-1)13-11-8-4-5-9-12-11;2*1-2/h1-9H;2*1-2H3. The second-order valence-corrected chi connectivity index (χ2v) is 2.58. The predicted molar refractivity (Wildman–Crippen MR) is 73.4 cm³/mol. The molecule has 2 rings (SSSR count). The van der Waals surface area contributed by atoms with Gasteiger partial charge in [-0.15, -0.1) is 0 Å². The van der Waals surface area contributed by atoms with E-state index in [1.807, 2.05) is 76.2 Å². The van der Waals surface area contributed by atoms with Crippen LogP contribution in [0.15, 0.2) is 54.7 Å². The van der Waals surface area contributed by atoms with Gasteiger partial charge in [0.15, 0.2) is 0 Å². The van der Waals surface area contributed by atoms with Crippen LogP contribution in [0.3, 0.4) is 0 Å². The van der Waals surface area contributed by atoms with E-state index in [1.54, 1.807) is 6.20 Å². The Balaban J connectivity index is 0.000000581. The minimum Gasteiger partial charge on any atom is -0.439 e. The van der Waals surface area contributed by atoms with E-state index in [4.69, 9.17) is 4.74 Å². The maximum atomic E-state index is 5.47. The zero-order chi connectivity index (χ0) is 12.9. The van der Waals surface area contributed by atoms with Crippen LogP contribution in [0, 0.1) is 0 Å². The van der Waals surface area contributed by atoms with Crippen molar-refractivity contribution in [2.24, 2.45) is 0 Å². The average molecular weight is 231 g/mol. The molecule has 0 bridgehead atoms. The summed E-state index contributed by atoms with van der Waals surface area (Å²) >= 11 is 0. The highest BCUT2D eigenvalue weighted by atomic mass is 16.5. The molecule has 0 atom stereocenters. The van der Waals surface area contributed by atoms with Gasteiger partial charge < -0.3 is 4.74 Å². The first kappa shape index (κ1) is 15.2. The summed E-state index contributed by atoms with van der Waals surface area (Å²) < 4.78 is 5.47. The molecule has 17 heavy (non-hydrogen) atoms. The Bertz CT molecular complexity index is 322. The highest BCUT2D eigenvalue weighted by Gasteiger charge is 1.93. The zero-order valence-electron chi connectivity index (χ0n) is 11.1. The van der Waals surface area contributed by atoms with Gasteiger partial charge in [-0.2, -0.15) is 0 Å². The van der Waals surface area contributed by atoms with Crippen LogP contribution in [0.1, 0.15) is 27.7 Å². The second-order valence-electron chi connectivity index (χ2n) is 2.58. The molecule has 1 aromatic heterocycles. The van der Waals surface area contributed by atoms with Crippen molar-refractivity contribution in [1.29, 1.82) is 0 Å².